The van der Waals surface area contributed by atoms with Crippen LogP contribution in [0, 0.1) is 0 Å². The van der Waals surface area contributed by atoms with Gasteiger partial charge in [0.1, 0.15) is 0 Å². The molecule has 6 heteroatoms. The molecule has 1 aliphatic rings. The van der Waals surface area contributed by atoms with Crippen LogP contribution in [0.4, 0.5) is 0 Å². The van der Waals surface area contributed by atoms with E-state index in [0.717, 1.165) is 6.40 Å². The highest BCUT2D eigenvalue weighted by Crippen LogP contribution is 2.26. The van der Waals surface area contributed by atoms with E-state index in [1.807, 2.05) is 0 Å². The quantitative estimate of drug-likeness (QED) is 0.663. The van der Waals surface area contributed by atoms with Gasteiger partial charge in [-0.3, -0.25) is 9.19 Å². The number of nitrogens with zero attached hydrogens (tertiary/aromatic N) is 2. The molecule has 0 fully saturated rings. The number of aliphatic imine (C=N–C) groups is 1. The molecule has 2 rings (SSSR count). The van der Waals surface area contributed by atoms with Gasteiger partial charge in [0.2, 0.25) is 0 Å². The minimum absolute atomic E-state index is 0.569. The molecular formula is C8H7N2O3S-. The van der Waals surface area contributed by atoms with Crippen LogP contribution in [0.25, 0.3) is 0 Å². The van der Waals surface area contributed by atoms with Crippen molar-refractivity contribution in [3.05, 3.63) is 30.1 Å². The Kier molecular flexibility index (Phi) is 2.55. The van der Waals surface area contributed by atoms with E-state index in [-0.39, 0.29) is 0 Å². The molecule has 0 saturated carbocycles. The van der Waals surface area contributed by atoms with Gasteiger partial charge in [-0.2, -0.15) is 0 Å². The molecule has 0 aromatic carbocycles. The van der Waals surface area contributed by atoms with E-state index in [9.17, 15) is 8.76 Å². The second-order valence-electron chi connectivity index (χ2n) is 2.72. The van der Waals surface area contributed by atoms with Gasteiger partial charge in [0, 0.05) is 6.20 Å². The molecule has 0 amide bonds. The first-order valence-corrected chi connectivity index (χ1v) is 5.09. The molecule has 74 valence electrons. The van der Waals surface area contributed by atoms with E-state index >= 15 is 0 Å². The summed E-state index contributed by atoms with van der Waals surface area (Å²) in [4.78, 5) is 7.71. The normalized spacial score (nSPS) is 27.2. The molecule has 0 N–H and O–H groups in total. The van der Waals surface area contributed by atoms with E-state index in [1.165, 1.54) is 0 Å². The molecule has 1 aromatic heterocycles. The fourth-order valence-electron chi connectivity index (χ4n) is 1.22. The molecule has 3 atom stereocenters. The van der Waals surface area contributed by atoms with Gasteiger partial charge < -0.3 is 9.29 Å². The van der Waals surface area contributed by atoms with Crippen LogP contribution in [0.1, 0.15) is 11.8 Å². The molecular weight excluding hydrogens is 204 g/mol. The summed E-state index contributed by atoms with van der Waals surface area (Å²) in [6, 6.07) is 5.23. The number of pyridine rings is 1. The Morgan fingerprint density at radius 3 is 3.00 bits per heavy atom. The van der Waals surface area contributed by atoms with E-state index in [2.05, 4.69) is 9.98 Å². The molecule has 0 aliphatic carbocycles. The second-order valence-corrected chi connectivity index (χ2v) is 3.72. The summed E-state index contributed by atoms with van der Waals surface area (Å²) in [7, 11) is 0. The largest absolute Gasteiger partial charge is 0.771 e. The lowest BCUT2D eigenvalue weighted by atomic mass is 10.2. The lowest BCUT2D eigenvalue weighted by molar-refractivity contribution is 0.221. The van der Waals surface area contributed by atoms with Gasteiger partial charge in [-0.05, 0) is 23.2 Å². The predicted octanol–water partition coefficient (Wildman–Crippen LogP) is 0.386. The van der Waals surface area contributed by atoms with Crippen molar-refractivity contribution in [2.75, 3.05) is 0 Å². The summed E-state index contributed by atoms with van der Waals surface area (Å²) < 4.78 is 26.6. The van der Waals surface area contributed by atoms with Gasteiger partial charge in [-0.1, -0.05) is 6.07 Å². The van der Waals surface area contributed by atoms with E-state index < -0.39 is 22.6 Å². The number of ether oxygens (including phenoxy) is 1. The molecule has 1 aromatic rings. The van der Waals surface area contributed by atoms with Gasteiger partial charge >= 0.3 is 0 Å². The Morgan fingerprint density at radius 1 is 1.50 bits per heavy atom. The maximum Gasteiger partial charge on any atom is 0.175 e. The average Bonchev–Trinajstić information content (AvgIpc) is 2.67. The van der Waals surface area contributed by atoms with Crippen molar-refractivity contribution >= 4 is 17.5 Å². The van der Waals surface area contributed by atoms with Crippen LogP contribution in [0.15, 0.2) is 29.4 Å². The Labute approximate surface area is 83.1 Å². The predicted molar refractivity (Wildman–Crippen MR) is 49.3 cm³/mol. The van der Waals surface area contributed by atoms with E-state index in [4.69, 9.17) is 4.74 Å². The summed E-state index contributed by atoms with van der Waals surface area (Å²) in [5.74, 6) is 0. The fraction of sp³-hybridized carbons (Fsp3) is 0.250. The Hall–Kier alpha value is -1.27. The number of hydrogen-bond acceptors (Lipinski definition) is 5. The SMILES string of the molecule is O=S([O-])C1N=COC1c1ccccn1. The van der Waals surface area contributed by atoms with Crippen LogP contribution in [0.5, 0.6) is 0 Å². The van der Waals surface area contributed by atoms with Crippen molar-refractivity contribution in [2.24, 2.45) is 4.99 Å². The number of aromatic nitrogens is 1. The molecule has 0 bridgehead atoms. The monoisotopic (exact) mass is 211 g/mol. The Bertz CT molecular complexity index is 368. The third-order valence-corrected chi connectivity index (χ3v) is 2.61. The first-order chi connectivity index (χ1) is 6.79. The fourth-order valence-corrected chi connectivity index (χ4v) is 1.77. The van der Waals surface area contributed by atoms with Crippen molar-refractivity contribution in [1.82, 2.24) is 4.98 Å². The van der Waals surface area contributed by atoms with Crippen molar-refractivity contribution < 1.29 is 13.5 Å². The molecule has 1 aliphatic heterocycles. The van der Waals surface area contributed by atoms with Crippen LogP contribution in [0.3, 0.4) is 0 Å². The molecule has 14 heavy (non-hydrogen) atoms. The van der Waals surface area contributed by atoms with E-state index in [1.54, 1.807) is 24.4 Å². The zero-order valence-corrected chi connectivity index (χ0v) is 7.89. The number of hydrogen-bond donors (Lipinski definition) is 0. The highest BCUT2D eigenvalue weighted by molar-refractivity contribution is 7.79. The first kappa shape index (κ1) is 9.29. The maximum absolute atomic E-state index is 10.8. The average molecular weight is 211 g/mol. The molecule has 2 heterocycles. The standard InChI is InChI=1S/C8H8N2O3S/c11-14(12)8-7(13-5-10-8)6-3-1-2-4-9-6/h1-5,7-8H,(H,11,12)/p-1. The van der Waals surface area contributed by atoms with Crippen LogP contribution in [-0.2, 0) is 15.8 Å². The van der Waals surface area contributed by atoms with Crippen molar-refractivity contribution in [3.63, 3.8) is 0 Å². The topological polar surface area (TPSA) is 74.6 Å². The van der Waals surface area contributed by atoms with Crippen molar-refractivity contribution in [2.45, 2.75) is 11.5 Å². The van der Waals surface area contributed by atoms with Gasteiger partial charge in [-0.15, -0.1) is 0 Å². The van der Waals surface area contributed by atoms with Crippen molar-refractivity contribution in [3.8, 4) is 0 Å². The number of rotatable bonds is 2. The summed E-state index contributed by atoms with van der Waals surface area (Å²) in [5.41, 5.74) is 0.569. The van der Waals surface area contributed by atoms with Crippen LogP contribution in [0.2, 0.25) is 0 Å². The summed E-state index contributed by atoms with van der Waals surface area (Å²) in [6.07, 6.45) is 2.12. The van der Waals surface area contributed by atoms with Crippen molar-refractivity contribution in [1.29, 1.82) is 0 Å². The minimum Gasteiger partial charge on any atom is -0.771 e. The lowest BCUT2D eigenvalue weighted by Gasteiger charge is -2.18. The molecule has 5 nitrogen and oxygen atoms in total. The summed E-state index contributed by atoms with van der Waals surface area (Å²) >= 11 is -2.28. The third kappa shape index (κ3) is 1.66. The van der Waals surface area contributed by atoms with E-state index in [0.29, 0.717) is 5.69 Å². The van der Waals surface area contributed by atoms with Gasteiger partial charge in [-0.25, -0.2) is 4.99 Å². The molecule has 0 saturated heterocycles. The maximum atomic E-state index is 10.8. The molecule has 3 unspecified atom stereocenters. The second kappa shape index (κ2) is 3.85. The van der Waals surface area contributed by atoms with Gasteiger partial charge in [0.25, 0.3) is 0 Å². The Balaban J connectivity index is 2.24. The third-order valence-electron chi connectivity index (χ3n) is 1.85. The van der Waals surface area contributed by atoms with Crippen LogP contribution < -0.4 is 0 Å². The van der Waals surface area contributed by atoms with Gasteiger partial charge in [0.15, 0.2) is 17.9 Å². The minimum atomic E-state index is -2.28. The first-order valence-electron chi connectivity index (χ1n) is 3.95. The van der Waals surface area contributed by atoms with Crippen LogP contribution in [-0.4, -0.2) is 25.5 Å². The Morgan fingerprint density at radius 2 is 2.36 bits per heavy atom. The lowest BCUT2D eigenvalue weighted by Crippen LogP contribution is -2.19. The highest BCUT2D eigenvalue weighted by Gasteiger charge is 2.29. The molecule has 0 radical (unpaired) electrons. The summed E-state index contributed by atoms with van der Waals surface area (Å²) in [6.45, 7) is 0. The van der Waals surface area contributed by atoms with Crippen LogP contribution >= 0.6 is 0 Å². The highest BCUT2D eigenvalue weighted by atomic mass is 32.2. The summed E-state index contributed by atoms with van der Waals surface area (Å²) in [5, 5.41) is -0.884. The zero-order chi connectivity index (χ0) is 9.97. The smallest absolute Gasteiger partial charge is 0.175 e. The zero-order valence-electron chi connectivity index (χ0n) is 7.07. The molecule has 0 spiro atoms. The van der Waals surface area contributed by atoms with Gasteiger partial charge in [0.05, 0.1) is 5.69 Å².